The molecule has 0 spiro atoms. The number of nitrogens with one attached hydrogen (secondary N) is 5. The van der Waals surface area contributed by atoms with Crippen molar-refractivity contribution < 1.29 is 23.7 Å². The minimum absolute atomic E-state index is 0.0433. The van der Waals surface area contributed by atoms with E-state index in [4.69, 9.17) is 9.72 Å². The molecule has 2 aromatic carbocycles. The van der Waals surface area contributed by atoms with Gasteiger partial charge < -0.3 is 20.3 Å². The smallest absolute Gasteiger partial charge is 0.351 e. The fourth-order valence-corrected chi connectivity index (χ4v) is 5.10. The van der Waals surface area contributed by atoms with Gasteiger partial charge in [0.05, 0.1) is 36.0 Å². The summed E-state index contributed by atoms with van der Waals surface area (Å²) < 4.78 is 20.3. The fraction of sp³-hybridized carbons (Fsp3) is 0.310. The zero-order valence-electron chi connectivity index (χ0n) is 23.5. The van der Waals surface area contributed by atoms with Crippen molar-refractivity contribution in [1.82, 2.24) is 20.2 Å². The predicted molar refractivity (Wildman–Crippen MR) is 156 cm³/mol. The average Bonchev–Trinajstić information content (AvgIpc) is 3.59. The van der Waals surface area contributed by atoms with Crippen LogP contribution >= 0.6 is 0 Å². The monoisotopic (exact) mass is 561 g/mol. The van der Waals surface area contributed by atoms with E-state index in [1.54, 1.807) is 19.4 Å². The lowest BCUT2D eigenvalue weighted by Gasteiger charge is -2.22. The van der Waals surface area contributed by atoms with Crippen LogP contribution in [0.1, 0.15) is 29.3 Å². The second-order valence-corrected chi connectivity index (χ2v) is 9.91. The molecule has 0 unspecified atom stereocenters. The van der Waals surface area contributed by atoms with E-state index >= 15 is 0 Å². The van der Waals surface area contributed by atoms with Crippen LogP contribution in [0.2, 0.25) is 0 Å². The number of likely N-dealkylation sites (N-methyl/N-ethyl adjacent to an activating group) is 1. The number of benzene rings is 2. The molecule has 0 radical (unpaired) electrons. The number of aromatic amines is 2. The van der Waals surface area contributed by atoms with Crippen LogP contribution in [0.3, 0.4) is 0 Å². The Hall–Kier alpha value is -4.71. The van der Waals surface area contributed by atoms with E-state index in [0.717, 1.165) is 30.6 Å². The van der Waals surface area contributed by atoms with Crippen molar-refractivity contribution in [2.75, 3.05) is 56.4 Å². The number of carbonyl (C=O) groups is 2. The third kappa shape index (κ3) is 5.64. The van der Waals surface area contributed by atoms with E-state index in [0.29, 0.717) is 47.3 Å². The maximum absolute atomic E-state index is 14.6. The molecule has 1 aliphatic rings. The zero-order valence-corrected chi connectivity index (χ0v) is 23.5. The highest BCUT2D eigenvalue weighted by Crippen LogP contribution is 2.38. The summed E-state index contributed by atoms with van der Waals surface area (Å²) in [7, 11) is 4.99. The molecule has 5 N–H and O–H groups in total. The van der Waals surface area contributed by atoms with E-state index in [9.17, 15) is 14.0 Å². The van der Waals surface area contributed by atoms with Gasteiger partial charge in [0.25, 0.3) is 5.91 Å². The third-order valence-electron chi connectivity index (χ3n) is 7.05. The van der Waals surface area contributed by atoms with Crippen LogP contribution < -0.4 is 30.6 Å². The molecule has 0 fully saturated rings. The summed E-state index contributed by atoms with van der Waals surface area (Å²) >= 11 is 0. The number of amides is 2. The van der Waals surface area contributed by atoms with Crippen LogP contribution in [-0.4, -0.2) is 67.5 Å². The van der Waals surface area contributed by atoms with Gasteiger partial charge >= 0.3 is 5.95 Å². The minimum atomic E-state index is -0.650. The van der Waals surface area contributed by atoms with Gasteiger partial charge in [-0.1, -0.05) is 18.0 Å². The molecule has 0 bridgehead atoms. The molecule has 41 heavy (non-hydrogen) atoms. The van der Waals surface area contributed by atoms with Crippen molar-refractivity contribution in [3.05, 3.63) is 59.5 Å². The normalized spacial score (nSPS) is 12.5. The zero-order chi connectivity index (χ0) is 29.1. The first kappa shape index (κ1) is 27.8. The summed E-state index contributed by atoms with van der Waals surface area (Å²) in [5, 5.41) is 9.59. The highest BCUT2D eigenvalue weighted by atomic mass is 19.1. The molecule has 11 nitrogen and oxygen atoms in total. The predicted octanol–water partition coefficient (Wildman–Crippen LogP) is 3.60. The Morgan fingerprint density at radius 3 is 2.80 bits per heavy atom. The third-order valence-corrected chi connectivity index (χ3v) is 7.05. The first-order valence-electron chi connectivity index (χ1n) is 13.5. The Morgan fingerprint density at radius 2 is 2.05 bits per heavy atom. The minimum Gasteiger partial charge on any atom is -0.493 e. The molecular weight excluding hydrogens is 527 g/mol. The number of halogens is 1. The number of carbonyl (C=O) groups excluding carboxylic acids is 2. The maximum atomic E-state index is 14.6. The lowest BCUT2D eigenvalue weighted by Crippen LogP contribution is -2.38. The van der Waals surface area contributed by atoms with Crippen LogP contribution in [-0.2, 0) is 11.2 Å². The van der Waals surface area contributed by atoms with Crippen LogP contribution in [0, 0.1) is 5.82 Å². The first-order valence-corrected chi connectivity index (χ1v) is 13.5. The number of aromatic nitrogens is 3. The van der Waals surface area contributed by atoms with E-state index in [1.807, 2.05) is 35.0 Å². The van der Waals surface area contributed by atoms with Gasteiger partial charge in [0.2, 0.25) is 17.4 Å². The molecule has 2 amide bonds. The number of H-pyrrole nitrogens is 2. The number of fused-ring (bicyclic) bond motifs is 2. The highest BCUT2D eigenvalue weighted by molar-refractivity contribution is 6.01. The SMILES string of the molecule is CCCN(C)CC(=O)N1CCc2cc(OC)c(Nc3nc(Nc4cccc(F)c4C(=O)NC)c4cc[nH]c4[nH+]3)cc21. The van der Waals surface area contributed by atoms with Gasteiger partial charge in [-0.3, -0.25) is 24.8 Å². The number of anilines is 5. The molecule has 4 aromatic rings. The summed E-state index contributed by atoms with van der Waals surface area (Å²) in [4.78, 5) is 40.4. The number of hydrogen-bond acceptors (Lipinski definition) is 7. The molecule has 0 saturated carbocycles. The van der Waals surface area contributed by atoms with Gasteiger partial charge in [0.1, 0.15) is 11.5 Å². The largest absolute Gasteiger partial charge is 0.493 e. The van der Waals surface area contributed by atoms with Crippen molar-refractivity contribution in [3.8, 4) is 5.75 Å². The summed E-state index contributed by atoms with van der Waals surface area (Å²) in [5.41, 5.74) is 3.29. The molecule has 3 heterocycles. The highest BCUT2D eigenvalue weighted by Gasteiger charge is 2.28. The van der Waals surface area contributed by atoms with Gasteiger partial charge in [-0.15, -0.1) is 0 Å². The Kier molecular flexibility index (Phi) is 8.02. The van der Waals surface area contributed by atoms with Crippen LogP contribution in [0.4, 0.5) is 33.2 Å². The van der Waals surface area contributed by atoms with Crippen molar-refractivity contribution in [2.24, 2.45) is 0 Å². The van der Waals surface area contributed by atoms with Crippen molar-refractivity contribution in [1.29, 1.82) is 0 Å². The Bertz CT molecular complexity index is 1600. The molecule has 0 atom stereocenters. The fourth-order valence-electron chi connectivity index (χ4n) is 5.10. The summed E-state index contributed by atoms with van der Waals surface area (Å²) in [6, 6.07) is 10.0. The lowest BCUT2D eigenvalue weighted by atomic mass is 10.1. The van der Waals surface area contributed by atoms with Crippen LogP contribution in [0.25, 0.3) is 11.0 Å². The second kappa shape index (κ2) is 11.8. The molecular formula is C29H34FN8O3+. The molecule has 1 aliphatic heterocycles. The Balaban J connectivity index is 1.48. The number of ether oxygens (including phenoxy) is 1. The van der Waals surface area contributed by atoms with Gasteiger partial charge in [-0.25, -0.2) is 9.37 Å². The van der Waals surface area contributed by atoms with Crippen LogP contribution in [0.15, 0.2) is 42.6 Å². The summed E-state index contributed by atoms with van der Waals surface area (Å²) in [6.07, 6.45) is 3.46. The molecule has 12 heteroatoms. The quantitative estimate of drug-likeness (QED) is 0.233. The van der Waals surface area contributed by atoms with Gasteiger partial charge in [0.15, 0.2) is 5.75 Å². The number of hydrogen-bond donors (Lipinski definition) is 4. The molecule has 214 valence electrons. The van der Waals surface area contributed by atoms with Crippen LogP contribution in [0.5, 0.6) is 5.75 Å². The standard InChI is InChI=1S/C29H33FN8O3/c1-5-12-37(3)16-24(39)38-13-10-17-14-23(41-4)21(15-22(17)38)34-29-35-26-18(9-11-32-26)27(36-29)33-20-8-6-7-19(30)25(20)28(40)31-2/h6-9,11,14-15H,5,10,12-13,16H2,1-4H3,(H,31,40)(H3,32,33,34,35,36)/p+1. The average molecular weight is 562 g/mol. The number of methoxy groups -OCH3 is 1. The Labute approximate surface area is 237 Å². The topological polar surface area (TPSA) is 129 Å². The summed E-state index contributed by atoms with van der Waals surface area (Å²) in [6.45, 7) is 3.88. The van der Waals surface area contributed by atoms with Gasteiger partial charge in [0, 0.05) is 25.9 Å². The van der Waals surface area contributed by atoms with E-state index in [1.165, 1.54) is 19.2 Å². The molecule has 0 saturated heterocycles. The van der Waals surface area contributed by atoms with E-state index in [2.05, 4.69) is 32.8 Å². The van der Waals surface area contributed by atoms with Crippen molar-refractivity contribution in [3.63, 3.8) is 0 Å². The lowest BCUT2D eigenvalue weighted by molar-refractivity contribution is -0.333. The first-order chi connectivity index (χ1) is 19.8. The van der Waals surface area contributed by atoms with Crippen molar-refractivity contribution in [2.45, 2.75) is 19.8 Å². The van der Waals surface area contributed by atoms with Crippen molar-refractivity contribution >= 4 is 51.7 Å². The van der Waals surface area contributed by atoms with E-state index in [-0.39, 0.29) is 17.2 Å². The van der Waals surface area contributed by atoms with E-state index < -0.39 is 11.7 Å². The maximum Gasteiger partial charge on any atom is 0.351 e. The molecule has 2 aromatic heterocycles. The summed E-state index contributed by atoms with van der Waals surface area (Å²) in [5.74, 6) is 0.195. The number of nitrogens with zero attached hydrogens (tertiary/aromatic N) is 3. The second-order valence-electron chi connectivity index (χ2n) is 9.91. The Morgan fingerprint density at radius 1 is 1.22 bits per heavy atom. The number of rotatable bonds is 10. The molecule has 5 rings (SSSR count). The molecule has 0 aliphatic carbocycles. The van der Waals surface area contributed by atoms with Gasteiger partial charge in [-0.05, 0) is 56.3 Å². The van der Waals surface area contributed by atoms with Gasteiger partial charge in [-0.2, -0.15) is 0 Å².